The molecular weight excluding hydrogens is 378 g/mol. The summed E-state index contributed by atoms with van der Waals surface area (Å²) in [4.78, 5) is 23.0. The number of carboxylic acid groups (broad SMARTS) is 2. The highest BCUT2D eigenvalue weighted by Crippen LogP contribution is 2.22. The van der Waals surface area contributed by atoms with Crippen molar-refractivity contribution in [2.75, 3.05) is 21.1 Å². The lowest BCUT2D eigenvalue weighted by molar-refractivity contribution is -0.892. The second kappa shape index (κ2) is 17.3. The van der Waals surface area contributed by atoms with Crippen molar-refractivity contribution in [3.05, 3.63) is 12.2 Å². The van der Waals surface area contributed by atoms with Gasteiger partial charge in [-0.3, -0.25) is 4.79 Å². The zero-order valence-corrected chi connectivity index (χ0v) is 20.0. The van der Waals surface area contributed by atoms with Crippen molar-refractivity contribution in [3.8, 4) is 0 Å². The maximum Gasteiger partial charge on any atom is 0.312 e. The number of rotatable bonds is 20. The third-order valence-electron chi connectivity index (χ3n) is 5.80. The van der Waals surface area contributed by atoms with Crippen LogP contribution in [-0.4, -0.2) is 48.7 Å². The first kappa shape index (κ1) is 28.6. The maximum atomic E-state index is 11.6. The van der Waals surface area contributed by atoms with Gasteiger partial charge in [-0.05, 0) is 32.1 Å². The summed E-state index contributed by atoms with van der Waals surface area (Å²) in [5, 5.41) is 20.9. The summed E-state index contributed by atoms with van der Waals surface area (Å²) in [6.45, 7) is 2.25. The Hall–Kier alpha value is -1.36. The fraction of sp³-hybridized carbons (Fsp3) is 0.840. The average molecular weight is 426 g/mol. The Labute approximate surface area is 185 Å². The summed E-state index contributed by atoms with van der Waals surface area (Å²) in [5.41, 5.74) is 0. The number of unbranched alkanes of at least 4 members (excludes halogenated alkanes) is 12. The number of likely N-dealkylation sites (N-methyl/N-ethyl adjacent to an activating group) is 1. The summed E-state index contributed by atoms with van der Waals surface area (Å²) >= 11 is 0. The van der Waals surface area contributed by atoms with E-state index >= 15 is 0 Å². The number of carboxylic acids is 2. The number of carbonyl (C=O) groups is 2. The number of allylic oxidation sites excluding steroid dienone is 2. The molecule has 0 aliphatic heterocycles. The molecule has 30 heavy (non-hydrogen) atoms. The van der Waals surface area contributed by atoms with Gasteiger partial charge in [0.25, 0.3) is 0 Å². The number of aliphatic carboxylic acids is 2. The van der Waals surface area contributed by atoms with Crippen molar-refractivity contribution in [1.29, 1.82) is 0 Å². The molecule has 0 saturated carbocycles. The van der Waals surface area contributed by atoms with E-state index in [-0.39, 0.29) is 4.48 Å². The lowest BCUT2D eigenvalue weighted by Crippen LogP contribution is -2.59. The molecule has 0 spiro atoms. The maximum absolute atomic E-state index is 11.6. The minimum atomic E-state index is -1.28. The van der Waals surface area contributed by atoms with Gasteiger partial charge in [-0.2, -0.15) is 0 Å². The van der Waals surface area contributed by atoms with Crippen LogP contribution in [0.1, 0.15) is 103 Å². The second-order valence-corrected chi connectivity index (χ2v) is 9.55. The molecule has 0 aliphatic carbocycles. The van der Waals surface area contributed by atoms with Crippen LogP contribution in [-0.2, 0) is 9.59 Å². The van der Waals surface area contributed by atoms with Crippen molar-refractivity contribution in [1.82, 2.24) is 0 Å². The normalized spacial score (nSPS) is 14.1. The smallest absolute Gasteiger partial charge is 0.312 e. The topological polar surface area (TPSA) is 77.4 Å². The van der Waals surface area contributed by atoms with E-state index in [0.717, 1.165) is 32.1 Å². The van der Waals surface area contributed by atoms with E-state index in [4.69, 9.17) is 0 Å². The number of nitrogens with zero attached hydrogens (tertiary/aromatic N) is 1. The molecule has 0 fully saturated rings. The van der Waals surface area contributed by atoms with E-state index < -0.39 is 23.9 Å². The Morgan fingerprint density at radius 1 is 0.800 bits per heavy atom. The molecule has 0 aromatic rings. The minimum absolute atomic E-state index is 0.0612. The molecule has 0 aliphatic rings. The van der Waals surface area contributed by atoms with Crippen LogP contribution in [0.25, 0.3) is 0 Å². The molecule has 0 aromatic heterocycles. The second-order valence-electron chi connectivity index (χ2n) is 9.55. The Kier molecular flexibility index (Phi) is 16.5. The minimum Gasteiger partial charge on any atom is -0.544 e. The van der Waals surface area contributed by atoms with Gasteiger partial charge in [-0.15, -0.1) is 0 Å². The van der Waals surface area contributed by atoms with Crippen LogP contribution >= 0.6 is 0 Å². The van der Waals surface area contributed by atoms with Gasteiger partial charge >= 0.3 is 5.97 Å². The summed E-state index contributed by atoms with van der Waals surface area (Å²) in [6.07, 6.45) is 21.8. The fourth-order valence-corrected chi connectivity index (χ4v) is 4.05. The van der Waals surface area contributed by atoms with E-state index in [9.17, 15) is 19.8 Å². The molecule has 0 saturated heterocycles. The quantitative estimate of drug-likeness (QED) is 0.170. The van der Waals surface area contributed by atoms with Crippen molar-refractivity contribution in [3.63, 3.8) is 0 Å². The molecule has 0 bridgehead atoms. The first-order valence-electron chi connectivity index (χ1n) is 12.1. The number of hydrogen-bond acceptors (Lipinski definition) is 3. The SMILES string of the molecule is CCCCCCCC/C=C/CCCCCCCCC(C(=O)O)C(C(=O)[O-])[N+](C)(C)C. The molecule has 0 heterocycles. The molecule has 2 unspecified atom stereocenters. The van der Waals surface area contributed by atoms with E-state index in [1.807, 2.05) is 0 Å². The molecule has 1 N–H and O–H groups in total. The van der Waals surface area contributed by atoms with E-state index in [1.54, 1.807) is 21.1 Å². The molecular formula is C25H47NO4. The van der Waals surface area contributed by atoms with E-state index in [2.05, 4.69) is 19.1 Å². The van der Waals surface area contributed by atoms with Gasteiger partial charge in [-0.25, -0.2) is 0 Å². The third-order valence-corrected chi connectivity index (χ3v) is 5.80. The standard InChI is InChI=1S/C25H47NO4/c1-5-6-7-8-9-10-11-12-13-14-15-16-17-18-19-20-21-22(24(27)28)23(25(29)30)26(2,3)4/h12-13,22-23H,5-11,14-21H2,1-4H3,(H-,27,28,29,30)/b13-12+. The predicted molar refractivity (Wildman–Crippen MR) is 122 cm³/mol. The number of hydrogen-bond donors (Lipinski definition) is 1. The third kappa shape index (κ3) is 14.6. The van der Waals surface area contributed by atoms with Crippen LogP contribution in [0.2, 0.25) is 0 Å². The summed E-state index contributed by atoms with van der Waals surface area (Å²) < 4.78 is 0.0612. The van der Waals surface area contributed by atoms with Crippen molar-refractivity contribution < 1.29 is 24.3 Å². The molecule has 0 radical (unpaired) electrons. The molecule has 5 heteroatoms. The molecule has 2 atom stereocenters. The molecule has 5 nitrogen and oxygen atoms in total. The zero-order valence-electron chi connectivity index (χ0n) is 20.0. The van der Waals surface area contributed by atoms with Gasteiger partial charge in [0.05, 0.1) is 21.1 Å². The number of carbonyl (C=O) groups excluding carboxylic acids is 1. The average Bonchev–Trinajstić information content (AvgIpc) is 2.65. The van der Waals surface area contributed by atoms with Crippen LogP contribution in [0.5, 0.6) is 0 Å². The Balaban J connectivity index is 3.79. The van der Waals surface area contributed by atoms with Crippen LogP contribution < -0.4 is 5.11 Å². The molecule has 0 rings (SSSR count). The van der Waals surface area contributed by atoms with Crippen LogP contribution in [0.3, 0.4) is 0 Å². The first-order chi connectivity index (χ1) is 14.2. The van der Waals surface area contributed by atoms with Gasteiger partial charge in [0, 0.05) is 0 Å². The predicted octanol–water partition coefficient (Wildman–Crippen LogP) is 4.94. The van der Waals surface area contributed by atoms with Crippen LogP contribution in [0.15, 0.2) is 12.2 Å². The van der Waals surface area contributed by atoms with Gasteiger partial charge in [-0.1, -0.05) is 83.3 Å². The summed E-state index contributed by atoms with van der Waals surface area (Å²) in [6, 6.07) is -1.02. The van der Waals surface area contributed by atoms with Crippen molar-refractivity contribution in [2.24, 2.45) is 5.92 Å². The van der Waals surface area contributed by atoms with Gasteiger partial charge in [0.15, 0.2) is 0 Å². The summed E-state index contributed by atoms with van der Waals surface area (Å²) in [5.74, 6) is -3.21. The Bertz CT molecular complexity index is 482. The highest BCUT2D eigenvalue weighted by molar-refractivity contribution is 5.80. The van der Waals surface area contributed by atoms with E-state index in [0.29, 0.717) is 6.42 Å². The largest absolute Gasteiger partial charge is 0.544 e. The summed E-state index contributed by atoms with van der Waals surface area (Å²) in [7, 11) is 5.12. The highest BCUT2D eigenvalue weighted by Gasteiger charge is 2.38. The van der Waals surface area contributed by atoms with E-state index in [1.165, 1.54) is 57.8 Å². The van der Waals surface area contributed by atoms with Crippen LogP contribution in [0.4, 0.5) is 0 Å². The Morgan fingerprint density at radius 2 is 1.23 bits per heavy atom. The lowest BCUT2D eigenvalue weighted by atomic mass is 9.91. The molecule has 0 amide bonds. The first-order valence-corrected chi connectivity index (χ1v) is 12.1. The monoisotopic (exact) mass is 425 g/mol. The van der Waals surface area contributed by atoms with Gasteiger partial charge in [0.2, 0.25) is 0 Å². The zero-order chi connectivity index (χ0) is 22.8. The number of quaternary nitrogens is 1. The molecule has 176 valence electrons. The van der Waals surface area contributed by atoms with Crippen LogP contribution in [0, 0.1) is 5.92 Å². The lowest BCUT2D eigenvalue weighted by Gasteiger charge is -2.38. The Morgan fingerprint density at radius 3 is 1.63 bits per heavy atom. The van der Waals surface area contributed by atoms with Crippen molar-refractivity contribution in [2.45, 2.75) is 109 Å². The highest BCUT2D eigenvalue weighted by atomic mass is 16.4. The fourth-order valence-electron chi connectivity index (χ4n) is 4.05. The molecule has 0 aromatic carbocycles. The van der Waals surface area contributed by atoms with Crippen molar-refractivity contribution >= 4 is 11.9 Å². The van der Waals surface area contributed by atoms with Gasteiger partial charge in [0.1, 0.15) is 17.9 Å². The van der Waals surface area contributed by atoms with Gasteiger partial charge < -0.3 is 19.5 Å².